The van der Waals surface area contributed by atoms with Gasteiger partial charge in [-0.2, -0.15) is 0 Å². The average Bonchev–Trinajstić information content (AvgIpc) is 3.15. The minimum atomic E-state index is -0.319. The number of furan rings is 1. The van der Waals surface area contributed by atoms with Gasteiger partial charge >= 0.3 is 6.03 Å². The smallest absolute Gasteiger partial charge is 0.314 e. The fraction of sp³-hybridized carbons (Fsp3) is 0.294. The van der Waals surface area contributed by atoms with Gasteiger partial charge in [0, 0.05) is 26.7 Å². The summed E-state index contributed by atoms with van der Waals surface area (Å²) in [5.74, 6) is -0.0732. The van der Waals surface area contributed by atoms with E-state index in [-0.39, 0.29) is 23.8 Å². The van der Waals surface area contributed by atoms with Crippen LogP contribution in [-0.4, -0.2) is 38.7 Å². The maximum atomic E-state index is 11.8. The van der Waals surface area contributed by atoms with E-state index in [0.717, 1.165) is 5.56 Å². The van der Waals surface area contributed by atoms with Crippen molar-refractivity contribution in [3.05, 3.63) is 60.1 Å². The molecule has 1 heterocycles. The van der Waals surface area contributed by atoms with E-state index >= 15 is 0 Å². The van der Waals surface area contributed by atoms with E-state index in [0.29, 0.717) is 19.6 Å². The molecule has 24 heavy (non-hydrogen) atoms. The van der Waals surface area contributed by atoms with Crippen LogP contribution in [0.5, 0.6) is 0 Å². The van der Waals surface area contributed by atoms with Gasteiger partial charge in [-0.05, 0) is 17.7 Å². The molecular formula is C17H21N3O4. The monoisotopic (exact) mass is 331 g/mol. The zero-order valence-electron chi connectivity index (χ0n) is 13.5. The third-order valence-electron chi connectivity index (χ3n) is 3.34. The van der Waals surface area contributed by atoms with Crippen LogP contribution in [0, 0.1) is 0 Å². The quantitative estimate of drug-likeness (QED) is 0.642. The predicted molar refractivity (Wildman–Crippen MR) is 88.6 cm³/mol. The van der Waals surface area contributed by atoms with Crippen LogP contribution in [0.25, 0.3) is 0 Å². The summed E-state index contributed by atoms with van der Waals surface area (Å²) >= 11 is 0. The molecule has 0 spiro atoms. The van der Waals surface area contributed by atoms with E-state index in [1.165, 1.54) is 6.26 Å². The predicted octanol–water partition coefficient (Wildman–Crippen LogP) is 1.70. The summed E-state index contributed by atoms with van der Waals surface area (Å²) in [5, 5.41) is 8.05. The van der Waals surface area contributed by atoms with Gasteiger partial charge < -0.3 is 25.1 Å². The molecule has 1 aromatic heterocycles. The zero-order chi connectivity index (χ0) is 17.2. The number of carbonyl (C=O) groups excluding carboxylic acids is 2. The second-order valence-corrected chi connectivity index (χ2v) is 5.01. The fourth-order valence-corrected chi connectivity index (χ4v) is 2.10. The summed E-state index contributed by atoms with van der Waals surface area (Å²) in [6.07, 6.45) is 1.22. The largest absolute Gasteiger partial charge is 0.459 e. The second kappa shape index (κ2) is 9.36. The van der Waals surface area contributed by atoms with E-state index in [9.17, 15) is 9.59 Å². The van der Waals surface area contributed by atoms with Crippen molar-refractivity contribution in [2.75, 3.05) is 26.7 Å². The van der Waals surface area contributed by atoms with E-state index in [1.807, 2.05) is 30.3 Å². The SMILES string of the molecule is COC(CNC(=O)NCCNC(=O)c1ccco1)c1ccccc1. The number of methoxy groups -OCH3 is 1. The Morgan fingerprint density at radius 3 is 2.46 bits per heavy atom. The normalized spacial score (nSPS) is 11.5. The maximum Gasteiger partial charge on any atom is 0.314 e. The van der Waals surface area contributed by atoms with Gasteiger partial charge in [0.2, 0.25) is 0 Å². The third-order valence-corrected chi connectivity index (χ3v) is 3.34. The van der Waals surface area contributed by atoms with Crippen molar-refractivity contribution in [2.24, 2.45) is 0 Å². The van der Waals surface area contributed by atoms with E-state index in [1.54, 1.807) is 19.2 Å². The van der Waals surface area contributed by atoms with Gasteiger partial charge in [0.05, 0.1) is 12.4 Å². The van der Waals surface area contributed by atoms with Crippen molar-refractivity contribution in [2.45, 2.75) is 6.10 Å². The minimum Gasteiger partial charge on any atom is -0.459 e. The molecule has 0 aliphatic carbocycles. The minimum absolute atomic E-state index is 0.212. The Labute approximate surface area is 140 Å². The van der Waals surface area contributed by atoms with Crippen LogP contribution in [0.15, 0.2) is 53.1 Å². The van der Waals surface area contributed by atoms with Crippen LogP contribution in [0.3, 0.4) is 0 Å². The molecule has 2 aromatic rings. The highest BCUT2D eigenvalue weighted by Gasteiger charge is 2.11. The van der Waals surface area contributed by atoms with Gasteiger partial charge in [0.1, 0.15) is 0 Å². The van der Waals surface area contributed by atoms with Crippen LogP contribution >= 0.6 is 0 Å². The van der Waals surface area contributed by atoms with Gasteiger partial charge in [-0.25, -0.2) is 4.79 Å². The number of hydrogen-bond donors (Lipinski definition) is 3. The number of amides is 3. The Hall–Kier alpha value is -2.80. The van der Waals surface area contributed by atoms with Crippen LogP contribution in [0.4, 0.5) is 4.79 Å². The van der Waals surface area contributed by atoms with Gasteiger partial charge in [0.15, 0.2) is 5.76 Å². The summed E-state index contributed by atoms with van der Waals surface area (Å²) in [7, 11) is 1.60. The van der Waals surface area contributed by atoms with Crippen molar-refractivity contribution < 1.29 is 18.7 Å². The number of rotatable bonds is 8. The van der Waals surface area contributed by atoms with Gasteiger partial charge in [-0.3, -0.25) is 4.79 Å². The van der Waals surface area contributed by atoms with Crippen molar-refractivity contribution in [3.63, 3.8) is 0 Å². The average molecular weight is 331 g/mol. The zero-order valence-corrected chi connectivity index (χ0v) is 13.5. The first-order chi connectivity index (χ1) is 11.7. The van der Waals surface area contributed by atoms with Crippen molar-refractivity contribution in [3.8, 4) is 0 Å². The molecule has 2 rings (SSSR count). The highest BCUT2D eigenvalue weighted by atomic mass is 16.5. The lowest BCUT2D eigenvalue weighted by molar-refractivity contribution is 0.0926. The van der Waals surface area contributed by atoms with Crippen LogP contribution < -0.4 is 16.0 Å². The molecule has 3 amide bonds. The van der Waals surface area contributed by atoms with Crippen molar-refractivity contribution >= 4 is 11.9 Å². The molecule has 0 radical (unpaired) electrons. The molecule has 128 valence electrons. The standard InChI is InChI=1S/C17H21N3O4/c1-23-15(13-6-3-2-4-7-13)12-20-17(22)19-10-9-18-16(21)14-8-5-11-24-14/h2-8,11,15H,9-10,12H2,1H3,(H,18,21)(H2,19,20,22). The van der Waals surface area contributed by atoms with Crippen LogP contribution in [0.2, 0.25) is 0 Å². The second-order valence-electron chi connectivity index (χ2n) is 5.01. The Morgan fingerprint density at radius 1 is 1.04 bits per heavy atom. The number of ether oxygens (including phenoxy) is 1. The molecule has 0 bridgehead atoms. The first-order valence-electron chi connectivity index (χ1n) is 7.62. The van der Waals surface area contributed by atoms with Crippen molar-refractivity contribution in [1.29, 1.82) is 0 Å². The molecule has 7 nitrogen and oxygen atoms in total. The highest BCUT2D eigenvalue weighted by Crippen LogP contribution is 2.14. The third kappa shape index (κ3) is 5.44. The summed E-state index contributed by atoms with van der Waals surface area (Å²) < 4.78 is 10.3. The fourth-order valence-electron chi connectivity index (χ4n) is 2.10. The molecule has 1 atom stereocenters. The molecular weight excluding hydrogens is 310 g/mol. The van der Waals surface area contributed by atoms with Crippen LogP contribution in [-0.2, 0) is 4.74 Å². The number of benzene rings is 1. The Bertz CT molecular complexity index is 629. The van der Waals surface area contributed by atoms with Gasteiger partial charge in [-0.15, -0.1) is 0 Å². The number of carbonyl (C=O) groups is 2. The maximum absolute atomic E-state index is 11.8. The number of nitrogens with one attached hydrogen (secondary N) is 3. The summed E-state index contributed by atoms with van der Waals surface area (Å²) in [6, 6.07) is 12.5. The Morgan fingerprint density at radius 2 is 1.79 bits per heavy atom. The lowest BCUT2D eigenvalue weighted by Crippen LogP contribution is -2.41. The first-order valence-corrected chi connectivity index (χ1v) is 7.62. The van der Waals surface area contributed by atoms with E-state index < -0.39 is 0 Å². The molecule has 3 N–H and O–H groups in total. The van der Waals surface area contributed by atoms with Gasteiger partial charge in [-0.1, -0.05) is 30.3 Å². The number of urea groups is 1. The molecule has 1 aromatic carbocycles. The van der Waals surface area contributed by atoms with Gasteiger partial charge in [0.25, 0.3) is 5.91 Å². The molecule has 0 aliphatic heterocycles. The number of hydrogen-bond acceptors (Lipinski definition) is 4. The summed E-state index contributed by atoms with van der Waals surface area (Å²) in [6.45, 7) is 0.964. The van der Waals surface area contributed by atoms with E-state index in [2.05, 4.69) is 16.0 Å². The molecule has 7 heteroatoms. The first kappa shape index (κ1) is 17.6. The molecule has 0 saturated carbocycles. The van der Waals surface area contributed by atoms with Crippen molar-refractivity contribution in [1.82, 2.24) is 16.0 Å². The molecule has 0 fully saturated rings. The molecule has 1 unspecified atom stereocenters. The molecule has 0 saturated heterocycles. The Balaban J connectivity index is 1.63. The highest BCUT2D eigenvalue weighted by molar-refractivity contribution is 5.91. The van der Waals surface area contributed by atoms with E-state index in [4.69, 9.17) is 9.15 Å². The topological polar surface area (TPSA) is 92.6 Å². The summed E-state index contributed by atoms with van der Waals surface area (Å²) in [4.78, 5) is 23.4. The summed E-state index contributed by atoms with van der Waals surface area (Å²) in [5.41, 5.74) is 0.992. The lowest BCUT2D eigenvalue weighted by atomic mass is 10.1. The lowest BCUT2D eigenvalue weighted by Gasteiger charge is -2.16. The van der Waals surface area contributed by atoms with Crippen LogP contribution in [0.1, 0.15) is 22.2 Å². The molecule has 0 aliphatic rings. The Kier molecular flexibility index (Phi) is 6.85.